The maximum absolute atomic E-state index is 12.6. The third-order valence-electron chi connectivity index (χ3n) is 4.39. The third-order valence-corrected chi connectivity index (χ3v) is 4.39. The minimum atomic E-state index is -0.0561. The largest absolute Gasteiger partial charge is 0.374 e. The van der Waals surface area contributed by atoms with Gasteiger partial charge >= 0.3 is 6.03 Å². The molecule has 1 aromatic heterocycles. The van der Waals surface area contributed by atoms with Crippen LogP contribution in [0.1, 0.15) is 18.5 Å². The van der Waals surface area contributed by atoms with Gasteiger partial charge in [0.05, 0.1) is 24.6 Å². The van der Waals surface area contributed by atoms with E-state index in [1.807, 2.05) is 24.0 Å². The number of anilines is 1. The van der Waals surface area contributed by atoms with Crippen LogP contribution in [0.25, 0.3) is 0 Å². The minimum absolute atomic E-state index is 0.0561. The van der Waals surface area contributed by atoms with Gasteiger partial charge in [-0.05, 0) is 44.9 Å². The molecule has 23 heavy (non-hydrogen) atoms. The van der Waals surface area contributed by atoms with Gasteiger partial charge in [-0.25, -0.2) is 4.79 Å². The van der Waals surface area contributed by atoms with E-state index in [4.69, 9.17) is 4.74 Å². The van der Waals surface area contributed by atoms with Gasteiger partial charge in [-0.15, -0.1) is 0 Å². The van der Waals surface area contributed by atoms with Gasteiger partial charge in [0, 0.05) is 31.9 Å². The Morgan fingerprint density at radius 3 is 2.91 bits per heavy atom. The fourth-order valence-electron chi connectivity index (χ4n) is 2.82. The van der Waals surface area contributed by atoms with Gasteiger partial charge in [-0.1, -0.05) is 0 Å². The number of ether oxygens (including phenoxy) is 1. The Bertz CT molecular complexity index is 530. The molecule has 2 heterocycles. The third kappa shape index (κ3) is 4.91. The predicted octanol–water partition coefficient (Wildman–Crippen LogP) is 1.96. The highest BCUT2D eigenvalue weighted by atomic mass is 16.5. The first-order valence-corrected chi connectivity index (χ1v) is 8.39. The van der Waals surface area contributed by atoms with Crippen molar-refractivity contribution < 1.29 is 9.53 Å². The van der Waals surface area contributed by atoms with E-state index in [0.717, 1.165) is 37.6 Å². The second kappa shape index (κ2) is 7.27. The molecule has 1 N–H and O–H groups in total. The van der Waals surface area contributed by atoms with Crippen LogP contribution in [-0.4, -0.2) is 66.8 Å². The lowest BCUT2D eigenvalue weighted by atomic mass is 10.2. The summed E-state index contributed by atoms with van der Waals surface area (Å²) in [5, 5.41) is 2.96. The fourth-order valence-corrected chi connectivity index (χ4v) is 2.82. The number of hydrogen-bond donors (Lipinski definition) is 1. The lowest BCUT2D eigenvalue weighted by Crippen LogP contribution is -2.49. The molecule has 6 nitrogen and oxygen atoms in total. The SMILES string of the molecule is Cc1ccc(NC(=O)N(CC2CC2)CC2CN(C)CCO2)cn1. The molecule has 1 saturated carbocycles. The summed E-state index contributed by atoms with van der Waals surface area (Å²) in [4.78, 5) is 21.0. The van der Waals surface area contributed by atoms with Gasteiger partial charge in [0.25, 0.3) is 0 Å². The quantitative estimate of drug-likeness (QED) is 0.902. The maximum Gasteiger partial charge on any atom is 0.321 e. The highest BCUT2D eigenvalue weighted by Gasteiger charge is 2.29. The average Bonchev–Trinajstić information content (AvgIpc) is 3.33. The molecular formula is C17H26N4O2. The Morgan fingerprint density at radius 1 is 1.43 bits per heavy atom. The molecule has 1 aliphatic heterocycles. The fraction of sp³-hybridized carbons (Fsp3) is 0.647. The van der Waals surface area contributed by atoms with Crippen molar-refractivity contribution in [2.75, 3.05) is 45.2 Å². The summed E-state index contributed by atoms with van der Waals surface area (Å²) in [6.45, 7) is 5.96. The van der Waals surface area contributed by atoms with E-state index < -0.39 is 0 Å². The van der Waals surface area contributed by atoms with Crippen LogP contribution in [0.15, 0.2) is 18.3 Å². The molecule has 1 unspecified atom stereocenters. The molecular weight excluding hydrogens is 292 g/mol. The van der Waals surface area contributed by atoms with Crippen LogP contribution in [-0.2, 0) is 4.74 Å². The maximum atomic E-state index is 12.6. The van der Waals surface area contributed by atoms with Crippen LogP contribution in [0.5, 0.6) is 0 Å². The van der Waals surface area contributed by atoms with Gasteiger partial charge in [0.1, 0.15) is 0 Å². The Morgan fingerprint density at radius 2 is 2.26 bits per heavy atom. The number of aromatic nitrogens is 1. The molecule has 0 aromatic carbocycles. The van der Waals surface area contributed by atoms with Crippen LogP contribution in [0.3, 0.4) is 0 Å². The second-order valence-corrected chi connectivity index (χ2v) is 6.72. The van der Waals surface area contributed by atoms with Crippen LogP contribution in [0.2, 0.25) is 0 Å². The number of likely N-dealkylation sites (N-methyl/N-ethyl adjacent to an activating group) is 1. The first-order chi connectivity index (χ1) is 11.1. The molecule has 0 spiro atoms. The van der Waals surface area contributed by atoms with Crippen LogP contribution in [0, 0.1) is 12.8 Å². The average molecular weight is 318 g/mol. The lowest BCUT2D eigenvalue weighted by Gasteiger charge is -2.34. The Hall–Kier alpha value is -1.66. The molecule has 1 aliphatic carbocycles. The zero-order chi connectivity index (χ0) is 16.2. The number of pyridine rings is 1. The number of hydrogen-bond acceptors (Lipinski definition) is 4. The lowest BCUT2D eigenvalue weighted by molar-refractivity contribution is -0.0302. The monoisotopic (exact) mass is 318 g/mol. The molecule has 0 bridgehead atoms. The number of carbonyl (C=O) groups excluding carboxylic acids is 1. The summed E-state index contributed by atoms with van der Waals surface area (Å²) in [5.41, 5.74) is 1.68. The molecule has 2 fully saturated rings. The zero-order valence-electron chi connectivity index (χ0n) is 14.0. The smallest absolute Gasteiger partial charge is 0.321 e. The van der Waals surface area contributed by atoms with Gasteiger partial charge < -0.3 is 19.9 Å². The number of nitrogens with one attached hydrogen (secondary N) is 1. The van der Waals surface area contributed by atoms with Crippen molar-refractivity contribution in [1.82, 2.24) is 14.8 Å². The van der Waals surface area contributed by atoms with E-state index in [0.29, 0.717) is 12.5 Å². The van der Waals surface area contributed by atoms with E-state index in [9.17, 15) is 4.79 Å². The first kappa shape index (κ1) is 16.2. The Kier molecular flexibility index (Phi) is 5.13. The molecule has 2 amide bonds. The zero-order valence-corrected chi connectivity index (χ0v) is 14.0. The molecule has 1 aromatic rings. The Labute approximate surface area is 137 Å². The van der Waals surface area contributed by atoms with Gasteiger partial charge in [-0.3, -0.25) is 4.98 Å². The van der Waals surface area contributed by atoms with Crippen molar-refractivity contribution in [2.45, 2.75) is 25.9 Å². The van der Waals surface area contributed by atoms with E-state index >= 15 is 0 Å². The number of carbonyl (C=O) groups is 1. The normalized spacial score (nSPS) is 21.9. The topological polar surface area (TPSA) is 57.7 Å². The number of morpholine rings is 1. The highest BCUT2D eigenvalue weighted by molar-refractivity contribution is 5.89. The molecule has 2 aliphatic rings. The first-order valence-electron chi connectivity index (χ1n) is 8.39. The van der Waals surface area contributed by atoms with E-state index in [-0.39, 0.29) is 12.1 Å². The van der Waals surface area contributed by atoms with Crippen LogP contribution in [0.4, 0.5) is 10.5 Å². The number of urea groups is 1. The minimum Gasteiger partial charge on any atom is -0.374 e. The molecule has 1 saturated heterocycles. The van der Waals surface area contributed by atoms with Crippen molar-refractivity contribution in [3.8, 4) is 0 Å². The summed E-state index contributed by atoms with van der Waals surface area (Å²) in [7, 11) is 2.10. The van der Waals surface area contributed by atoms with Crippen LogP contribution >= 0.6 is 0 Å². The van der Waals surface area contributed by atoms with Crippen molar-refractivity contribution in [1.29, 1.82) is 0 Å². The second-order valence-electron chi connectivity index (χ2n) is 6.72. The summed E-state index contributed by atoms with van der Waals surface area (Å²) in [6.07, 6.45) is 4.24. The van der Waals surface area contributed by atoms with E-state index in [1.165, 1.54) is 12.8 Å². The van der Waals surface area contributed by atoms with E-state index in [2.05, 4.69) is 22.2 Å². The number of aryl methyl sites for hydroxylation is 1. The van der Waals surface area contributed by atoms with Crippen molar-refractivity contribution >= 4 is 11.7 Å². The summed E-state index contributed by atoms with van der Waals surface area (Å²) >= 11 is 0. The van der Waals surface area contributed by atoms with Crippen molar-refractivity contribution in [3.63, 3.8) is 0 Å². The van der Waals surface area contributed by atoms with Crippen LogP contribution < -0.4 is 5.32 Å². The van der Waals surface area contributed by atoms with Gasteiger partial charge in [0.2, 0.25) is 0 Å². The molecule has 126 valence electrons. The number of nitrogens with zero attached hydrogens (tertiary/aromatic N) is 3. The predicted molar refractivity (Wildman–Crippen MR) is 89.5 cm³/mol. The standard InChI is InChI=1S/C17H26N4O2/c1-13-3-6-15(9-18-13)19-17(22)21(10-14-4-5-14)12-16-11-20(2)7-8-23-16/h3,6,9,14,16H,4-5,7-8,10-12H2,1-2H3,(H,19,22). The summed E-state index contributed by atoms with van der Waals surface area (Å²) in [6, 6.07) is 3.74. The molecule has 1 atom stereocenters. The Balaban J connectivity index is 1.60. The van der Waals surface area contributed by atoms with Crippen molar-refractivity contribution in [2.24, 2.45) is 5.92 Å². The molecule has 6 heteroatoms. The van der Waals surface area contributed by atoms with Crippen molar-refractivity contribution in [3.05, 3.63) is 24.0 Å². The highest BCUT2D eigenvalue weighted by Crippen LogP contribution is 2.30. The summed E-state index contributed by atoms with van der Waals surface area (Å²) < 4.78 is 5.82. The summed E-state index contributed by atoms with van der Waals surface area (Å²) in [5.74, 6) is 0.651. The molecule has 0 radical (unpaired) electrons. The number of rotatable bonds is 5. The number of amides is 2. The van der Waals surface area contributed by atoms with E-state index in [1.54, 1.807) is 6.20 Å². The van der Waals surface area contributed by atoms with Gasteiger partial charge in [0.15, 0.2) is 0 Å². The molecule has 3 rings (SSSR count). The van der Waals surface area contributed by atoms with Gasteiger partial charge in [-0.2, -0.15) is 0 Å².